The molecule has 270 valence electrons. The number of amides is 2. The number of aromatic amines is 1. The van der Waals surface area contributed by atoms with E-state index < -0.39 is 11.2 Å². The van der Waals surface area contributed by atoms with Gasteiger partial charge in [0.05, 0.1) is 23.6 Å². The van der Waals surface area contributed by atoms with Gasteiger partial charge in [0.15, 0.2) is 0 Å². The Morgan fingerprint density at radius 1 is 0.961 bits per heavy atom. The number of ether oxygens (including phenoxy) is 2. The van der Waals surface area contributed by atoms with Crippen molar-refractivity contribution in [2.24, 2.45) is 5.73 Å². The molecule has 1 aliphatic heterocycles. The molecule has 1 aliphatic rings. The first kappa shape index (κ1) is 37.0. The summed E-state index contributed by atoms with van der Waals surface area (Å²) in [5, 5.41) is 2.22. The van der Waals surface area contributed by atoms with E-state index in [4.69, 9.17) is 15.2 Å². The van der Waals surface area contributed by atoms with Crippen LogP contribution in [0.25, 0.3) is 38.9 Å². The van der Waals surface area contributed by atoms with E-state index in [1.54, 1.807) is 16.8 Å². The molecule has 2 atom stereocenters. The number of nitrogens with two attached hydrogens (primary N) is 1. The van der Waals surface area contributed by atoms with Gasteiger partial charge in [0.2, 0.25) is 0 Å². The van der Waals surface area contributed by atoms with Crippen LogP contribution in [0.4, 0.5) is 9.59 Å². The van der Waals surface area contributed by atoms with Crippen molar-refractivity contribution in [2.75, 3.05) is 20.6 Å². The molecule has 5 rings (SSSR count). The lowest BCUT2D eigenvalue weighted by Crippen LogP contribution is -2.47. The molecule has 51 heavy (non-hydrogen) atoms. The van der Waals surface area contributed by atoms with Gasteiger partial charge in [-0.2, -0.15) is 0 Å². The van der Waals surface area contributed by atoms with E-state index in [0.29, 0.717) is 30.9 Å². The number of carbonyl (C=O) groups excluding carboxylic acids is 2. The Morgan fingerprint density at radius 3 is 2.16 bits per heavy atom. The summed E-state index contributed by atoms with van der Waals surface area (Å²) in [4.78, 5) is 39.0. The fraction of sp³-hybridized carbons (Fsp3) is 0.390. The highest BCUT2D eigenvalue weighted by Crippen LogP contribution is 2.36. The van der Waals surface area contributed by atoms with Crippen LogP contribution in [-0.2, 0) is 9.47 Å². The molecule has 2 amide bonds. The first-order valence-electron chi connectivity index (χ1n) is 17.4. The van der Waals surface area contributed by atoms with Gasteiger partial charge in [-0.1, -0.05) is 67.6 Å². The van der Waals surface area contributed by atoms with Crippen LogP contribution >= 0.6 is 0 Å². The van der Waals surface area contributed by atoms with E-state index in [1.165, 1.54) is 0 Å². The van der Waals surface area contributed by atoms with E-state index in [2.05, 4.69) is 65.1 Å². The normalized spacial score (nSPS) is 15.9. The summed E-state index contributed by atoms with van der Waals surface area (Å²) in [5.41, 5.74) is 11.9. The predicted octanol–water partition coefficient (Wildman–Crippen LogP) is 8.93. The lowest BCUT2D eigenvalue weighted by Gasteiger charge is -2.35. The van der Waals surface area contributed by atoms with Crippen LogP contribution < -0.4 is 5.73 Å². The Kier molecular flexibility index (Phi) is 10.6. The van der Waals surface area contributed by atoms with Crippen molar-refractivity contribution in [1.82, 2.24) is 24.7 Å². The fourth-order valence-corrected chi connectivity index (χ4v) is 6.33. The van der Waals surface area contributed by atoms with Crippen LogP contribution in [0.15, 0.2) is 85.2 Å². The summed E-state index contributed by atoms with van der Waals surface area (Å²) in [6, 6.07) is 20.7. The summed E-state index contributed by atoms with van der Waals surface area (Å²) in [6.07, 6.45) is 4.07. The standard InChI is InChI=1S/C41H52N6O4/c1-11-36(46(10)38(48)50-40(3,4)5)45(9)25-33(42)28-14-12-27(13-15-28)29-16-17-31-22-32(19-18-30(31)21-29)34-23-43-37(44-34)35-20-26(2)24-47(35)39(49)51-41(6,7)8/h12-19,21-23,25,35-36H,2,11,20,24,42H2,1,3-10H3,(H,43,44)/b33-25-/t35-,36?/m0/s1. The number of nitrogens with one attached hydrogen (secondary N) is 1. The van der Waals surface area contributed by atoms with Crippen LogP contribution in [-0.4, -0.2) is 74.9 Å². The van der Waals surface area contributed by atoms with Crippen LogP contribution in [0.2, 0.25) is 0 Å². The zero-order valence-corrected chi connectivity index (χ0v) is 31.4. The van der Waals surface area contributed by atoms with Crippen LogP contribution in [0.3, 0.4) is 0 Å². The van der Waals surface area contributed by atoms with Gasteiger partial charge in [0.25, 0.3) is 0 Å². The predicted molar refractivity (Wildman–Crippen MR) is 204 cm³/mol. The molecule has 1 fully saturated rings. The molecule has 0 aliphatic carbocycles. The number of rotatable bonds is 8. The lowest BCUT2D eigenvalue weighted by molar-refractivity contribution is 0.00760. The minimum Gasteiger partial charge on any atom is -0.444 e. The number of benzene rings is 3. The second-order valence-electron chi connectivity index (χ2n) is 15.3. The maximum Gasteiger partial charge on any atom is 0.411 e. The Labute approximate surface area is 301 Å². The van der Waals surface area contributed by atoms with Crippen molar-refractivity contribution in [3.05, 3.63) is 96.6 Å². The van der Waals surface area contributed by atoms with Gasteiger partial charge in [0, 0.05) is 32.4 Å². The zero-order chi connectivity index (χ0) is 37.2. The largest absolute Gasteiger partial charge is 0.444 e. The molecule has 1 unspecified atom stereocenters. The Hall–Kier alpha value is -5.25. The number of hydrogen-bond donors (Lipinski definition) is 2. The second-order valence-corrected chi connectivity index (χ2v) is 15.3. The Morgan fingerprint density at radius 2 is 1.55 bits per heavy atom. The Balaban J connectivity index is 1.28. The minimum atomic E-state index is -0.584. The summed E-state index contributed by atoms with van der Waals surface area (Å²) in [5.74, 6) is 0.717. The topological polar surface area (TPSA) is 117 Å². The third-order valence-corrected chi connectivity index (χ3v) is 8.80. The van der Waals surface area contributed by atoms with Gasteiger partial charge in [-0.25, -0.2) is 14.6 Å². The number of carbonyl (C=O) groups is 2. The molecule has 1 aromatic heterocycles. The molecule has 1 saturated heterocycles. The summed E-state index contributed by atoms with van der Waals surface area (Å²) in [6.45, 7) is 17.8. The molecule has 3 aromatic carbocycles. The lowest BCUT2D eigenvalue weighted by atomic mass is 9.98. The van der Waals surface area contributed by atoms with Crippen molar-refractivity contribution in [3.63, 3.8) is 0 Å². The van der Waals surface area contributed by atoms with Crippen molar-refractivity contribution in [3.8, 4) is 22.4 Å². The van der Waals surface area contributed by atoms with Crippen LogP contribution in [0.1, 0.15) is 78.7 Å². The molecule has 0 bridgehead atoms. The minimum absolute atomic E-state index is 0.214. The number of likely N-dealkylation sites (tertiary alicyclic amines) is 1. The van der Waals surface area contributed by atoms with Gasteiger partial charge in [0.1, 0.15) is 23.2 Å². The fourth-order valence-electron chi connectivity index (χ4n) is 6.33. The van der Waals surface area contributed by atoms with Crippen molar-refractivity contribution < 1.29 is 19.1 Å². The van der Waals surface area contributed by atoms with Crippen molar-refractivity contribution in [1.29, 1.82) is 0 Å². The SMILES string of the molecule is C=C1C[C@@H](c2ncc(-c3ccc4cc(-c5ccc(/C(N)=C/N(C)C(CC)N(C)C(=O)OC(C)(C)C)cc5)ccc4c3)[nH]2)N(C(=O)OC(C)(C)C)C1. The third-order valence-electron chi connectivity index (χ3n) is 8.80. The first-order valence-corrected chi connectivity index (χ1v) is 17.4. The number of aromatic nitrogens is 2. The van der Waals surface area contributed by atoms with Crippen LogP contribution in [0.5, 0.6) is 0 Å². The second kappa shape index (κ2) is 14.5. The van der Waals surface area contributed by atoms with E-state index in [0.717, 1.165) is 44.3 Å². The maximum absolute atomic E-state index is 12.9. The maximum atomic E-state index is 12.9. The number of imidazole rings is 1. The number of hydrogen-bond acceptors (Lipinski definition) is 7. The molecule has 10 nitrogen and oxygen atoms in total. The molecule has 0 spiro atoms. The summed E-state index contributed by atoms with van der Waals surface area (Å²) < 4.78 is 11.2. The van der Waals surface area contributed by atoms with Gasteiger partial charge < -0.3 is 25.1 Å². The molecule has 0 saturated carbocycles. The summed E-state index contributed by atoms with van der Waals surface area (Å²) >= 11 is 0. The highest BCUT2D eigenvalue weighted by Gasteiger charge is 2.36. The van der Waals surface area contributed by atoms with E-state index >= 15 is 0 Å². The van der Waals surface area contributed by atoms with Gasteiger partial charge in [-0.15, -0.1) is 0 Å². The van der Waals surface area contributed by atoms with E-state index in [9.17, 15) is 9.59 Å². The smallest absolute Gasteiger partial charge is 0.411 e. The van der Waals surface area contributed by atoms with Gasteiger partial charge in [-0.05, 0) is 94.0 Å². The highest BCUT2D eigenvalue weighted by atomic mass is 16.6. The van der Waals surface area contributed by atoms with Gasteiger partial charge in [-0.3, -0.25) is 9.80 Å². The summed E-state index contributed by atoms with van der Waals surface area (Å²) in [7, 11) is 3.65. The number of H-pyrrole nitrogens is 1. The zero-order valence-electron chi connectivity index (χ0n) is 31.4. The van der Waals surface area contributed by atoms with Crippen molar-refractivity contribution >= 4 is 28.7 Å². The van der Waals surface area contributed by atoms with E-state index in [-0.39, 0.29) is 24.4 Å². The molecular weight excluding hydrogens is 640 g/mol. The molecular formula is C41H52N6O4. The van der Waals surface area contributed by atoms with Crippen LogP contribution in [0, 0.1) is 0 Å². The molecule has 10 heteroatoms. The number of nitrogens with zero attached hydrogens (tertiary/aromatic N) is 4. The molecule has 4 aromatic rings. The highest BCUT2D eigenvalue weighted by molar-refractivity contribution is 5.90. The molecule has 2 heterocycles. The van der Waals surface area contributed by atoms with E-state index in [1.807, 2.05) is 84.9 Å². The third kappa shape index (κ3) is 8.92. The average molecular weight is 693 g/mol. The first-order chi connectivity index (χ1) is 23.9. The molecule has 3 N–H and O–H groups in total. The van der Waals surface area contributed by atoms with Gasteiger partial charge >= 0.3 is 12.2 Å². The number of fused-ring (bicyclic) bond motifs is 1. The van der Waals surface area contributed by atoms with Crippen molar-refractivity contribution in [2.45, 2.75) is 84.7 Å². The monoisotopic (exact) mass is 692 g/mol. The quantitative estimate of drug-likeness (QED) is 0.140. The Bertz CT molecular complexity index is 1930. The average Bonchev–Trinajstić information content (AvgIpc) is 3.70. The molecule has 0 radical (unpaired) electrons.